The Morgan fingerprint density at radius 3 is 2.48 bits per heavy atom. The summed E-state index contributed by atoms with van der Waals surface area (Å²) in [6.45, 7) is 5.49. The zero-order valence-electron chi connectivity index (χ0n) is 13.1. The Morgan fingerprint density at radius 2 is 1.90 bits per heavy atom. The number of nitrogens with zero attached hydrogens (tertiary/aromatic N) is 1. The van der Waals surface area contributed by atoms with Gasteiger partial charge in [-0.3, -0.25) is 0 Å². The molecule has 0 saturated carbocycles. The normalized spacial score (nSPS) is 18.6. The molecule has 1 aromatic rings. The van der Waals surface area contributed by atoms with Gasteiger partial charge in [0.1, 0.15) is 5.75 Å². The number of likely N-dealkylation sites (tertiary alicyclic amines) is 1. The summed E-state index contributed by atoms with van der Waals surface area (Å²) in [5.74, 6) is 0.869. The maximum atomic E-state index is 10.3. The van der Waals surface area contributed by atoms with Crippen LogP contribution in [-0.2, 0) is 4.74 Å². The molecule has 4 nitrogen and oxygen atoms in total. The van der Waals surface area contributed by atoms with E-state index in [0.717, 1.165) is 50.3 Å². The van der Waals surface area contributed by atoms with E-state index in [0.29, 0.717) is 12.6 Å². The third kappa shape index (κ3) is 4.99. The number of rotatable bonds is 7. The minimum Gasteiger partial charge on any atom is -0.494 e. The number of methoxy groups -OCH3 is 1. The lowest BCUT2D eigenvalue weighted by molar-refractivity contribution is 0.0242. The summed E-state index contributed by atoms with van der Waals surface area (Å²) < 4.78 is 10.9. The molecule has 1 fully saturated rings. The highest BCUT2D eigenvalue weighted by molar-refractivity contribution is 5.28. The second-order valence-electron chi connectivity index (χ2n) is 5.67. The monoisotopic (exact) mass is 293 g/mol. The first-order chi connectivity index (χ1) is 10.2. The molecule has 21 heavy (non-hydrogen) atoms. The summed E-state index contributed by atoms with van der Waals surface area (Å²) in [4.78, 5) is 2.31. The summed E-state index contributed by atoms with van der Waals surface area (Å²) >= 11 is 0. The van der Waals surface area contributed by atoms with E-state index in [4.69, 9.17) is 9.47 Å². The van der Waals surface area contributed by atoms with Crippen LogP contribution in [-0.4, -0.2) is 49.5 Å². The van der Waals surface area contributed by atoms with E-state index in [1.165, 1.54) is 0 Å². The molecule has 0 radical (unpaired) electrons. The van der Waals surface area contributed by atoms with Crippen molar-refractivity contribution < 1.29 is 14.6 Å². The van der Waals surface area contributed by atoms with Crippen molar-refractivity contribution in [3.8, 4) is 5.75 Å². The maximum absolute atomic E-state index is 10.3. The summed E-state index contributed by atoms with van der Waals surface area (Å²) in [7, 11) is 1.78. The quantitative estimate of drug-likeness (QED) is 0.839. The fourth-order valence-corrected chi connectivity index (χ4v) is 2.68. The van der Waals surface area contributed by atoms with Crippen LogP contribution in [0.5, 0.6) is 5.75 Å². The van der Waals surface area contributed by atoms with Gasteiger partial charge in [-0.15, -0.1) is 0 Å². The van der Waals surface area contributed by atoms with Crippen LogP contribution in [0.1, 0.15) is 37.9 Å². The Balaban J connectivity index is 1.81. The number of hydrogen-bond donors (Lipinski definition) is 1. The molecule has 1 N–H and O–H groups in total. The average Bonchev–Trinajstić information content (AvgIpc) is 2.54. The maximum Gasteiger partial charge on any atom is 0.119 e. The zero-order valence-corrected chi connectivity index (χ0v) is 13.1. The van der Waals surface area contributed by atoms with Gasteiger partial charge in [0.2, 0.25) is 0 Å². The first-order valence-electron chi connectivity index (χ1n) is 7.89. The number of ether oxygens (including phenoxy) is 2. The highest BCUT2D eigenvalue weighted by atomic mass is 16.5. The summed E-state index contributed by atoms with van der Waals surface area (Å²) in [6, 6.07) is 7.78. The van der Waals surface area contributed by atoms with Crippen LogP contribution in [0.2, 0.25) is 0 Å². The fourth-order valence-electron chi connectivity index (χ4n) is 2.68. The molecule has 1 heterocycles. The molecule has 0 amide bonds. The standard InChI is InChI=1S/C17H27NO3/c1-3-12-21-16-6-4-14(5-7-16)17(19)13-18-10-8-15(20-2)9-11-18/h4-7,15,17,19H,3,8-13H2,1-2H3. The Bertz CT molecular complexity index is 399. The first-order valence-corrected chi connectivity index (χ1v) is 7.89. The predicted octanol–water partition coefficient (Wildman–Crippen LogP) is 2.62. The highest BCUT2D eigenvalue weighted by Crippen LogP contribution is 2.21. The van der Waals surface area contributed by atoms with Crippen LogP contribution in [0, 0.1) is 0 Å². The lowest BCUT2D eigenvalue weighted by Crippen LogP contribution is -2.38. The van der Waals surface area contributed by atoms with Crippen molar-refractivity contribution in [1.82, 2.24) is 4.90 Å². The molecule has 2 rings (SSSR count). The molecule has 1 unspecified atom stereocenters. The van der Waals surface area contributed by atoms with Gasteiger partial charge in [0.15, 0.2) is 0 Å². The van der Waals surface area contributed by atoms with E-state index in [-0.39, 0.29) is 0 Å². The van der Waals surface area contributed by atoms with Gasteiger partial charge in [0.25, 0.3) is 0 Å². The third-order valence-electron chi connectivity index (χ3n) is 4.04. The highest BCUT2D eigenvalue weighted by Gasteiger charge is 2.21. The predicted molar refractivity (Wildman–Crippen MR) is 83.7 cm³/mol. The third-order valence-corrected chi connectivity index (χ3v) is 4.04. The van der Waals surface area contributed by atoms with Crippen LogP contribution in [0.15, 0.2) is 24.3 Å². The van der Waals surface area contributed by atoms with Crippen LogP contribution in [0.25, 0.3) is 0 Å². The van der Waals surface area contributed by atoms with Gasteiger partial charge in [-0.05, 0) is 37.0 Å². The van der Waals surface area contributed by atoms with Crippen molar-refractivity contribution in [3.63, 3.8) is 0 Å². The van der Waals surface area contributed by atoms with Crippen molar-refractivity contribution in [2.45, 2.75) is 38.4 Å². The molecular formula is C17H27NO3. The second-order valence-corrected chi connectivity index (χ2v) is 5.67. The van der Waals surface area contributed by atoms with Gasteiger partial charge < -0.3 is 19.5 Å². The van der Waals surface area contributed by atoms with E-state index >= 15 is 0 Å². The molecule has 1 saturated heterocycles. The van der Waals surface area contributed by atoms with Gasteiger partial charge in [-0.1, -0.05) is 19.1 Å². The number of hydrogen-bond acceptors (Lipinski definition) is 4. The smallest absolute Gasteiger partial charge is 0.119 e. The molecule has 0 spiro atoms. The molecule has 0 aliphatic carbocycles. The lowest BCUT2D eigenvalue weighted by atomic mass is 10.0. The molecule has 1 aliphatic heterocycles. The van der Waals surface area contributed by atoms with Gasteiger partial charge in [0.05, 0.1) is 18.8 Å². The van der Waals surface area contributed by atoms with E-state index in [1.807, 2.05) is 24.3 Å². The fraction of sp³-hybridized carbons (Fsp3) is 0.647. The SMILES string of the molecule is CCCOc1ccc(C(O)CN2CCC(OC)CC2)cc1. The van der Waals surface area contributed by atoms with Crippen molar-refractivity contribution in [2.24, 2.45) is 0 Å². The average molecular weight is 293 g/mol. The number of β-amino-alcohol motifs (C(OH)–C–C–N with tert-alkyl or cyclic N) is 1. The van der Waals surface area contributed by atoms with Crippen molar-refractivity contribution in [3.05, 3.63) is 29.8 Å². The van der Waals surface area contributed by atoms with Crippen molar-refractivity contribution in [1.29, 1.82) is 0 Å². The molecule has 1 aromatic carbocycles. The van der Waals surface area contributed by atoms with Gasteiger partial charge >= 0.3 is 0 Å². The van der Waals surface area contributed by atoms with Crippen LogP contribution < -0.4 is 4.74 Å². The number of aliphatic hydroxyl groups excluding tert-OH is 1. The molecule has 1 atom stereocenters. The van der Waals surface area contributed by atoms with Gasteiger partial charge in [-0.2, -0.15) is 0 Å². The number of piperidine rings is 1. The number of aliphatic hydroxyl groups is 1. The van der Waals surface area contributed by atoms with E-state index in [9.17, 15) is 5.11 Å². The Kier molecular flexibility index (Phi) is 6.49. The minimum absolute atomic E-state index is 0.383. The topological polar surface area (TPSA) is 41.9 Å². The first kappa shape index (κ1) is 16.3. The Hall–Kier alpha value is -1.10. The van der Waals surface area contributed by atoms with Crippen molar-refractivity contribution in [2.75, 3.05) is 33.4 Å². The van der Waals surface area contributed by atoms with Crippen LogP contribution in [0.3, 0.4) is 0 Å². The van der Waals surface area contributed by atoms with E-state index < -0.39 is 6.10 Å². The summed E-state index contributed by atoms with van der Waals surface area (Å²) in [6.07, 6.45) is 3.04. The van der Waals surface area contributed by atoms with Gasteiger partial charge in [0, 0.05) is 26.7 Å². The molecule has 4 heteroatoms. The number of benzene rings is 1. The summed E-state index contributed by atoms with van der Waals surface area (Å²) in [5, 5.41) is 10.3. The van der Waals surface area contributed by atoms with Crippen LogP contribution >= 0.6 is 0 Å². The molecule has 118 valence electrons. The molecular weight excluding hydrogens is 266 g/mol. The Labute approximate surface area is 127 Å². The van der Waals surface area contributed by atoms with Gasteiger partial charge in [-0.25, -0.2) is 0 Å². The van der Waals surface area contributed by atoms with E-state index in [2.05, 4.69) is 11.8 Å². The largest absolute Gasteiger partial charge is 0.494 e. The molecule has 1 aliphatic rings. The lowest BCUT2D eigenvalue weighted by Gasteiger charge is -2.32. The molecule has 0 aromatic heterocycles. The molecule has 0 bridgehead atoms. The Morgan fingerprint density at radius 1 is 1.24 bits per heavy atom. The van der Waals surface area contributed by atoms with Crippen molar-refractivity contribution >= 4 is 0 Å². The zero-order chi connectivity index (χ0) is 15.1. The minimum atomic E-state index is -0.440. The van der Waals surface area contributed by atoms with E-state index in [1.54, 1.807) is 7.11 Å². The van der Waals surface area contributed by atoms with Crippen LogP contribution in [0.4, 0.5) is 0 Å². The second kappa shape index (κ2) is 8.37. The summed E-state index contributed by atoms with van der Waals surface area (Å²) in [5.41, 5.74) is 0.952.